The van der Waals surface area contributed by atoms with Crippen LogP contribution in [0.5, 0.6) is 5.75 Å². The molecule has 1 saturated heterocycles. The van der Waals surface area contributed by atoms with E-state index in [9.17, 15) is 10.1 Å². The summed E-state index contributed by atoms with van der Waals surface area (Å²) in [6.45, 7) is 3.23. The van der Waals surface area contributed by atoms with Crippen molar-refractivity contribution in [1.29, 1.82) is 5.26 Å². The highest BCUT2D eigenvalue weighted by Crippen LogP contribution is 2.42. The summed E-state index contributed by atoms with van der Waals surface area (Å²) >= 11 is 12.3. The number of aryl methyl sites for hydroxylation is 1. The molecular weight excluding hydrogens is 437 g/mol. The molecule has 8 heteroatoms. The van der Waals surface area contributed by atoms with E-state index in [1.54, 1.807) is 22.8 Å². The summed E-state index contributed by atoms with van der Waals surface area (Å²) in [5.41, 5.74) is 7.96. The van der Waals surface area contributed by atoms with Crippen molar-refractivity contribution in [1.82, 2.24) is 4.57 Å². The molecule has 2 aliphatic heterocycles. The maximum atomic E-state index is 13.8. The fourth-order valence-electron chi connectivity index (χ4n) is 4.30. The number of hydrogen-bond donors (Lipinski definition) is 1. The van der Waals surface area contributed by atoms with Crippen LogP contribution >= 0.6 is 23.2 Å². The summed E-state index contributed by atoms with van der Waals surface area (Å²) in [6, 6.07) is 9.05. The maximum Gasteiger partial charge on any atom is 0.258 e. The van der Waals surface area contributed by atoms with Crippen molar-refractivity contribution in [2.45, 2.75) is 51.2 Å². The Morgan fingerprint density at radius 1 is 1.29 bits per heavy atom. The average molecular weight is 460 g/mol. The highest BCUT2D eigenvalue weighted by atomic mass is 35.5. The molecule has 0 radical (unpaired) electrons. The minimum absolute atomic E-state index is 0.00431. The van der Waals surface area contributed by atoms with Gasteiger partial charge < -0.3 is 19.8 Å². The molecule has 0 spiro atoms. The molecular formula is C23H23Cl2N3O3. The van der Waals surface area contributed by atoms with Crippen LogP contribution in [0.25, 0.3) is 0 Å². The molecule has 3 heterocycles. The minimum Gasteiger partial charge on any atom is -0.440 e. The molecule has 1 aromatic heterocycles. The number of rotatable bonds is 5. The first-order valence-electron chi connectivity index (χ1n) is 10.3. The predicted molar refractivity (Wildman–Crippen MR) is 119 cm³/mol. The highest BCUT2D eigenvalue weighted by molar-refractivity contribution is 6.42. The van der Waals surface area contributed by atoms with Crippen molar-refractivity contribution in [3.8, 4) is 11.8 Å². The fraction of sp³-hybridized carbons (Fsp3) is 0.391. The minimum atomic E-state index is -0.692. The first-order chi connectivity index (χ1) is 14.9. The number of pyridine rings is 1. The van der Waals surface area contributed by atoms with E-state index in [0.717, 1.165) is 25.0 Å². The van der Waals surface area contributed by atoms with Crippen LogP contribution in [0.2, 0.25) is 10.0 Å². The van der Waals surface area contributed by atoms with Crippen molar-refractivity contribution in [2.24, 2.45) is 5.73 Å². The van der Waals surface area contributed by atoms with Gasteiger partial charge in [0.2, 0.25) is 5.88 Å². The Balaban J connectivity index is 1.92. The number of halogens is 2. The van der Waals surface area contributed by atoms with Crippen LogP contribution in [-0.2, 0) is 17.7 Å². The number of allylic oxidation sites excluding steroid dienone is 1. The second-order valence-electron chi connectivity index (χ2n) is 7.81. The standard InChI is InChI=1S/C23H23Cl2N3O3/c1-2-4-14-10-19-21(23(29)28(14)12-15-5-3-8-30-15)20(16(11-26)22(27)31-19)13-6-7-17(24)18(25)9-13/h6-7,9-10,15,20H,2-5,8,12,27H2,1H3. The van der Waals surface area contributed by atoms with Crippen LogP contribution in [0.15, 0.2) is 40.5 Å². The Morgan fingerprint density at radius 3 is 2.74 bits per heavy atom. The van der Waals surface area contributed by atoms with E-state index in [1.165, 1.54) is 0 Å². The molecule has 0 amide bonds. The zero-order valence-corrected chi connectivity index (χ0v) is 18.7. The third kappa shape index (κ3) is 4.06. The monoisotopic (exact) mass is 459 g/mol. The van der Waals surface area contributed by atoms with E-state index in [2.05, 4.69) is 13.0 Å². The van der Waals surface area contributed by atoms with E-state index in [4.69, 9.17) is 38.4 Å². The Morgan fingerprint density at radius 2 is 2.10 bits per heavy atom. The summed E-state index contributed by atoms with van der Waals surface area (Å²) in [5, 5.41) is 10.5. The largest absolute Gasteiger partial charge is 0.440 e. The fourth-order valence-corrected chi connectivity index (χ4v) is 4.61. The second kappa shape index (κ2) is 8.96. The first kappa shape index (κ1) is 21.8. The lowest BCUT2D eigenvalue weighted by atomic mass is 9.84. The third-order valence-corrected chi connectivity index (χ3v) is 6.50. The van der Waals surface area contributed by atoms with Gasteiger partial charge in [-0.25, -0.2) is 0 Å². The van der Waals surface area contributed by atoms with E-state index in [1.807, 2.05) is 6.07 Å². The Labute approximate surface area is 190 Å². The van der Waals surface area contributed by atoms with Crippen LogP contribution in [0.4, 0.5) is 0 Å². The summed E-state index contributed by atoms with van der Waals surface area (Å²) < 4.78 is 13.3. The molecule has 31 heavy (non-hydrogen) atoms. The van der Waals surface area contributed by atoms with E-state index < -0.39 is 5.92 Å². The number of fused-ring (bicyclic) bond motifs is 1. The molecule has 2 atom stereocenters. The van der Waals surface area contributed by atoms with Gasteiger partial charge >= 0.3 is 0 Å². The summed E-state index contributed by atoms with van der Waals surface area (Å²) in [7, 11) is 0. The van der Waals surface area contributed by atoms with Gasteiger partial charge in [0.1, 0.15) is 17.4 Å². The number of benzene rings is 1. The molecule has 6 nitrogen and oxygen atoms in total. The van der Waals surface area contributed by atoms with E-state index in [-0.39, 0.29) is 23.1 Å². The van der Waals surface area contributed by atoms with Gasteiger partial charge in [0.05, 0.1) is 34.2 Å². The summed E-state index contributed by atoms with van der Waals surface area (Å²) in [4.78, 5) is 13.8. The van der Waals surface area contributed by atoms with Gasteiger partial charge in [-0.3, -0.25) is 4.79 Å². The predicted octanol–water partition coefficient (Wildman–Crippen LogP) is 4.50. The van der Waals surface area contributed by atoms with Gasteiger partial charge in [-0.1, -0.05) is 42.6 Å². The lowest BCUT2D eigenvalue weighted by molar-refractivity contribution is 0.0952. The number of nitrogens with zero attached hydrogens (tertiary/aromatic N) is 2. The molecule has 0 bridgehead atoms. The second-order valence-corrected chi connectivity index (χ2v) is 8.63. The quantitative estimate of drug-likeness (QED) is 0.710. The topological polar surface area (TPSA) is 90.3 Å². The molecule has 1 fully saturated rings. The van der Waals surface area contributed by atoms with E-state index in [0.29, 0.717) is 46.5 Å². The lowest BCUT2D eigenvalue weighted by Gasteiger charge is -2.28. The zero-order chi connectivity index (χ0) is 22.1. The molecule has 1 aromatic carbocycles. The van der Waals surface area contributed by atoms with Crippen LogP contribution < -0.4 is 16.0 Å². The molecule has 0 aliphatic carbocycles. The normalized spacial score (nSPS) is 20.3. The number of nitriles is 1. The molecule has 4 rings (SSSR count). The van der Waals surface area contributed by atoms with Crippen LogP contribution in [0, 0.1) is 11.3 Å². The third-order valence-electron chi connectivity index (χ3n) is 5.76. The maximum absolute atomic E-state index is 13.8. The first-order valence-corrected chi connectivity index (χ1v) is 11.1. The van der Waals surface area contributed by atoms with Gasteiger partial charge in [-0.2, -0.15) is 5.26 Å². The Hall–Kier alpha value is -2.46. The number of aromatic nitrogens is 1. The van der Waals surface area contributed by atoms with Gasteiger partial charge in [0, 0.05) is 18.4 Å². The molecule has 162 valence electrons. The molecule has 0 saturated carbocycles. The average Bonchev–Trinajstić information content (AvgIpc) is 3.25. The van der Waals surface area contributed by atoms with Crippen molar-refractivity contribution in [2.75, 3.05) is 6.61 Å². The zero-order valence-electron chi connectivity index (χ0n) is 17.2. The van der Waals surface area contributed by atoms with Crippen LogP contribution in [-0.4, -0.2) is 17.3 Å². The Bertz CT molecular complexity index is 1140. The lowest BCUT2D eigenvalue weighted by Crippen LogP contribution is -2.35. The Kier molecular flexibility index (Phi) is 6.29. The van der Waals surface area contributed by atoms with Crippen molar-refractivity contribution in [3.05, 3.63) is 72.9 Å². The summed E-state index contributed by atoms with van der Waals surface area (Å²) in [6.07, 6.45) is 3.48. The molecule has 2 N–H and O–H groups in total. The molecule has 2 unspecified atom stereocenters. The summed E-state index contributed by atoms with van der Waals surface area (Å²) in [5.74, 6) is -0.322. The highest BCUT2D eigenvalue weighted by Gasteiger charge is 2.35. The molecule has 2 aliphatic rings. The van der Waals surface area contributed by atoms with Crippen LogP contribution in [0.1, 0.15) is 48.9 Å². The van der Waals surface area contributed by atoms with Crippen LogP contribution in [0.3, 0.4) is 0 Å². The van der Waals surface area contributed by atoms with Crippen molar-refractivity contribution in [3.63, 3.8) is 0 Å². The van der Waals surface area contributed by atoms with Crippen molar-refractivity contribution >= 4 is 23.2 Å². The van der Waals surface area contributed by atoms with Gasteiger partial charge in [-0.05, 0) is 37.0 Å². The number of nitrogens with two attached hydrogens (primary N) is 1. The van der Waals surface area contributed by atoms with Gasteiger partial charge in [-0.15, -0.1) is 0 Å². The van der Waals surface area contributed by atoms with Gasteiger partial charge in [0.15, 0.2) is 0 Å². The van der Waals surface area contributed by atoms with Crippen molar-refractivity contribution < 1.29 is 9.47 Å². The SMILES string of the molecule is CCCc1cc2c(c(=O)n1CC1CCCO1)C(c1ccc(Cl)c(Cl)c1)C(C#N)=C(N)O2. The number of ether oxygens (including phenoxy) is 2. The number of hydrogen-bond acceptors (Lipinski definition) is 5. The van der Waals surface area contributed by atoms with E-state index >= 15 is 0 Å². The van der Waals surface area contributed by atoms with Gasteiger partial charge in [0.25, 0.3) is 5.56 Å². The smallest absolute Gasteiger partial charge is 0.258 e. The molecule has 2 aromatic rings.